The van der Waals surface area contributed by atoms with Crippen molar-refractivity contribution in [1.82, 2.24) is 15.1 Å². The molecule has 0 aliphatic heterocycles. The lowest BCUT2D eigenvalue weighted by atomic mass is 10.1. The number of aryl methyl sites for hydroxylation is 2. The fourth-order valence-corrected chi connectivity index (χ4v) is 2.57. The zero-order valence-corrected chi connectivity index (χ0v) is 14.5. The molecule has 1 aromatic heterocycles. The van der Waals surface area contributed by atoms with Crippen molar-refractivity contribution in [3.8, 4) is 5.69 Å². The first-order valence-electron chi connectivity index (χ1n) is 8.33. The van der Waals surface area contributed by atoms with Gasteiger partial charge in [0.15, 0.2) is 0 Å². The molecule has 0 bridgehead atoms. The van der Waals surface area contributed by atoms with E-state index in [2.05, 4.69) is 15.7 Å². The maximum Gasteiger partial charge on any atom is 0.319 e. The predicted octanol–water partition coefficient (Wildman–Crippen LogP) is 3.85. The molecule has 128 valence electrons. The molecule has 0 fully saturated rings. The second-order valence-corrected chi connectivity index (χ2v) is 6.08. The summed E-state index contributed by atoms with van der Waals surface area (Å²) in [5.41, 5.74) is 5.11. The Morgan fingerprint density at radius 2 is 1.92 bits per heavy atom. The van der Waals surface area contributed by atoms with E-state index < -0.39 is 0 Å². The number of rotatable bonds is 5. The number of hydrogen-bond acceptors (Lipinski definition) is 2. The van der Waals surface area contributed by atoms with Crippen molar-refractivity contribution in [3.05, 3.63) is 77.6 Å². The Labute approximate surface area is 147 Å². The van der Waals surface area contributed by atoms with Crippen LogP contribution in [-0.4, -0.2) is 22.4 Å². The second-order valence-electron chi connectivity index (χ2n) is 6.08. The highest BCUT2D eigenvalue weighted by atomic mass is 16.2. The number of amides is 2. The van der Waals surface area contributed by atoms with Crippen molar-refractivity contribution in [3.63, 3.8) is 0 Å². The molecule has 5 heteroatoms. The molecular weight excluding hydrogens is 312 g/mol. The van der Waals surface area contributed by atoms with Crippen LogP contribution in [0.3, 0.4) is 0 Å². The SMILES string of the molecule is Cc1ccc(C)c(NC(=O)NCCc2cnn(-c3ccccc3)c2)c1. The molecule has 2 amide bonds. The van der Waals surface area contributed by atoms with Crippen LogP contribution in [0.1, 0.15) is 16.7 Å². The molecule has 0 unspecified atom stereocenters. The van der Waals surface area contributed by atoms with Crippen molar-refractivity contribution in [2.75, 3.05) is 11.9 Å². The van der Waals surface area contributed by atoms with Gasteiger partial charge in [-0.2, -0.15) is 5.10 Å². The van der Waals surface area contributed by atoms with Gasteiger partial charge in [-0.1, -0.05) is 30.3 Å². The van der Waals surface area contributed by atoms with Crippen LogP contribution >= 0.6 is 0 Å². The summed E-state index contributed by atoms with van der Waals surface area (Å²) in [6.07, 6.45) is 4.55. The maximum absolute atomic E-state index is 12.0. The molecule has 0 aliphatic rings. The highest BCUT2D eigenvalue weighted by Gasteiger charge is 2.05. The van der Waals surface area contributed by atoms with Gasteiger partial charge in [0.2, 0.25) is 0 Å². The van der Waals surface area contributed by atoms with Gasteiger partial charge in [-0.25, -0.2) is 9.48 Å². The number of nitrogens with zero attached hydrogens (tertiary/aromatic N) is 2. The van der Waals surface area contributed by atoms with E-state index in [1.165, 1.54) is 0 Å². The van der Waals surface area contributed by atoms with Crippen molar-refractivity contribution < 1.29 is 4.79 Å². The Balaban J connectivity index is 1.50. The first-order valence-corrected chi connectivity index (χ1v) is 8.33. The molecule has 25 heavy (non-hydrogen) atoms. The van der Waals surface area contributed by atoms with Gasteiger partial charge in [-0.05, 0) is 55.2 Å². The summed E-state index contributed by atoms with van der Waals surface area (Å²) in [7, 11) is 0. The summed E-state index contributed by atoms with van der Waals surface area (Å²) in [5.74, 6) is 0. The number of aromatic nitrogens is 2. The number of carbonyl (C=O) groups excluding carboxylic acids is 1. The number of carbonyl (C=O) groups is 1. The van der Waals surface area contributed by atoms with E-state index in [4.69, 9.17) is 0 Å². The van der Waals surface area contributed by atoms with Gasteiger partial charge in [-0.15, -0.1) is 0 Å². The van der Waals surface area contributed by atoms with Crippen LogP contribution in [0.2, 0.25) is 0 Å². The fraction of sp³-hybridized carbons (Fsp3) is 0.200. The van der Waals surface area contributed by atoms with Crippen molar-refractivity contribution in [2.45, 2.75) is 20.3 Å². The number of hydrogen-bond donors (Lipinski definition) is 2. The number of nitrogens with one attached hydrogen (secondary N) is 2. The van der Waals surface area contributed by atoms with Crippen molar-refractivity contribution in [1.29, 1.82) is 0 Å². The largest absolute Gasteiger partial charge is 0.338 e. The third-order valence-electron chi connectivity index (χ3n) is 4.00. The lowest BCUT2D eigenvalue weighted by Gasteiger charge is -2.10. The molecule has 1 heterocycles. The third-order valence-corrected chi connectivity index (χ3v) is 4.00. The third kappa shape index (κ3) is 4.47. The molecule has 0 atom stereocenters. The fourth-order valence-electron chi connectivity index (χ4n) is 2.57. The van der Waals surface area contributed by atoms with E-state index in [1.54, 1.807) is 0 Å². The molecule has 0 saturated heterocycles. The lowest BCUT2D eigenvalue weighted by molar-refractivity contribution is 0.252. The normalized spacial score (nSPS) is 10.5. The first-order chi connectivity index (χ1) is 12.1. The van der Waals surface area contributed by atoms with E-state index in [1.807, 2.05) is 79.5 Å². The van der Waals surface area contributed by atoms with E-state index in [9.17, 15) is 4.79 Å². The molecular formula is C20H22N4O. The molecule has 5 nitrogen and oxygen atoms in total. The summed E-state index contributed by atoms with van der Waals surface area (Å²) in [4.78, 5) is 12.0. The molecule has 0 aliphatic carbocycles. The van der Waals surface area contributed by atoms with Gasteiger partial charge in [0.1, 0.15) is 0 Å². The van der Waals surface area contributed by atoms with Crippen LogP contribution < -0.4 is 10.6 Å². The zero-order valence-electron chi connectivity index (χ0n) is 14.5. The second kappa shape index (κ2) is 7.66. The van der Waals surface area contributed by atoms with Crippen molar-refractivity contribution in [2.24, 2.45) is 0 Å². The van der Waals surface area contributed by atoms with E-state index >= 15 is 0 Å². The topological polar surface area (TPSA) is 59.0 Å². The van der Waals surface area contributed by atoms with Crippen LogP contribution in [0.25, 0.3) is 5.69 Å². The molecule has 0 spiro atoms. The van der Waals surface area contributed by atoms with Gasteiger partial charge in [0, 0.05) is 18.4 Å². The monoisotopic (exact) mass is 334 g/mol. The minimum absolute atomic E-state index is 0.191. The average molecular weight is 334 g/mol. The number of urea groups is 1. The molecule has 0 radical (unpaired) electrons. The van der Waals surface area contributed by atoms with Gasteiger partial charge >= 0.3 is 6.03 Å². The van der Waals surface area contributed by atoms with Gasteiger partial charge in [0.05, 0.1) is 11.9 Å². The molecule has 3 rings (SSSR count). The van der Waals surface area contributed by atoms with Gasteiger partial charge in [-0.3, -0.25) is 0 Å². The van der Waals surface area contributed by atoms with Crippen LogP contribution in [0.15, 0.2) is 60.9 Å². The first kappa shape index (κ1) is 16.8. The molecule has 2 aromatic carbocycles. The maximum atomic E-state index is 12.0. The van der Waals surface area contributed by atoms with Crippen LogP contribution in [0, 0.1) is 13.8 Å². The predicted molar refractivity (Wildman–Crippen MR) is 100 cm³/mol. The van der Waals surface area contributed by atoms with E-state index in [0.717, 1.165) is 34.5 Å². The van der Waals surface area contributed by atoms with Crippen molar-refractivity contribution >= 4 is 11.7 Å². The minimum atomic E-state index is -0.191. The summed E-state index contributed by atoms with van der Waals surface area (Å²) in [6.45, 7) is 4.54. The molecule has 2 N–H and O–H groups in total. The smallest absolute Gasteiger partial charge is 0.319 e. The lowest BCUT2D eigenvalue weighted by Crippen LogP contribution is -2.30. The number of anilines is 1. The van der Waals surface area contributed by atoms with Gasteiger partial charge in [0.25, 0.3) is 0 Å². The standard InChI is InChI=1S/C20H22N4O/c1-15-8-9-16(2)19(12-15)23-20(25)21-11-10-17-13-22-24(14-17)18-6-4-3-5-7-18/h3-9,12-14H,10-11H2,1-2H3,(H2,21,23,25). The summed E-state index contributed by atoms with van der Waals surface area (Å²) in [6, 6.07) is 15.8. The summed E-state index contributed by atoms with van der Waals surface area (Å²) >= 11 is 0. The highest BCUT2D eigenvalue weighted by molar-refractivity contribution is 5.90. The molecule has 3 aromatic rings. The quantitative estimate of drug-likeness (QED) is 0.744. The van der Waals surface area contributed by atoms with Gasteiger partial charge < -0.3 is 10.6 Å². The number of para-hydroxylation sites is 1. The Morgan fingerprint density at radius 3 is 2.72 bits per heavy atom. The van der Waals surface area contributed by atoms with Crippen LogP contribution in [0.5, 0.6) is 0 Å². The minimum Gasteiger partial charge on any atom is -0.338 e. The number of benzene rings is 2. The van der Waals surface area contributed by atoms with E-state index in [0.29, 0.717) is 6.54 Å². The summed E-state index contributed by atoms with van der Waals surface area (Å²) in [5, 5.41) is 10.1. The molecule has 0 saturated carbocycles. The Kier molecular flexibility index (Phi) is 5.14. The van der Waals surface area contributed by atoms with Crippen LogP contribution in [-0.2, 0) is 6.42 Å². The Morgan fingerprint density at radius 1 is 1.12 bits per heavy atom. The zero-order chi connectivity index (χ0) is 17.6. The van der Waals surface area contributed by atoms with E-state index in [-0.39, 0.29) is 6.03 Å². The Hall–Kier alpha value is -3.08. The average Bonchev–Trinajstić information content (AvgIpc) is 3.08. The highest BCUT2D eigenvalue weighted by Crippen LogP contribution is 2.16. The summed E-state index contributed by atoms with van der Waals surface area (Å²) < 4.78 is 1.84. The Bertz CT molecular complexity index is 855. The van der Waals surface area contributed by atoms with Crippen LogP contribution in [0.4, 0.5) is 10.5 Å².